The number of rotatable bonds is 3. The molecule has 0 fully saturated rings. The van der Waals surface area contributed by atoms with Crippen molar-refractivity contribution in [1.29, 1.82) is 0 Å². The van der Waals surface area contributed by atoms with Crippen molar-refractivity contribution in [3.05, 3.63) is 49.6 Å². The summed E-state index contributed by atoms with van der Waals surface area (Å²) in [6, 6.07) is 4.72. The fraction of sp³-hybridized carbons (Fsp3) is 0.308. The molecule has 0 aliphatic heterocycles. The van der Waals surface area contributed by atoms with Crippen LogP contribution in [0.15, 0.2) is 22.7 Å². The van der Waals surface area contributed by atoms with Gasteiger partial charge in [-0.25, -0.2) is 9.37 Å². The van der Waals surface area contributed by atoms with Crippen LogP contribution < -0.4 is 5.73 Å². The Labute approximate surface area is 118 Å². The number of aromatic nitrogens is 1. The lowest BCUT2D eigenvalue weighted by molar-refractivity contribution is 0.617. The zero-order valence-corrected chi connectivity index (χ0v) is 12.6. The number of hydrogen-bond acceptors (Lipinski definition) is 3. The third-order valence-electron chi connectivity index (χ3n) is 2.84. The average Bonchev–Trinajstić information content (AvgIpc) is 2.61. The van der Waals surface area contributed by atoms with E-state index in [0.717, 1.165) is 16.3 Å². The van der Waals surface area contributed by atoms with E-state index in [4.69, 9.17) is 5.73 Å². The molecule has 96 valence electrons. The maximum atomic E-state index is 13.1. The van der Waals surface area contributed by atoms with Gasteiger partial charge < -0.3 is 5.73 Å². The predicted molar refractivity (Wildman–Crippen MR) is 76.3 cm³/mol. The van der Waals surface area contributed by atoms with Crippen LogP contribution in [0.5, 0.6) is 0 Å². The maximum absolute atomic E-state index is 13.1. The van der Waals surface area contributed by atoms with Crippen molar-refractivity contribution in [1.82, 2.24) is 4.98 Å². The van der Waals surface area contributed by atoms with Gasteiger partial charge in [-0.05, 0) is 47.5 Å². The van der Waals surface area contributed by atoms with Crippen molar-refractivity contribution < 1.29 is 4.39 Å². The first kappa shape index (κ1) is 13.6. The second kappa shape index (κ2) is 5.47. The third kappa shape index (κ3) is 2.96. The van der Waals surface area contributed by atoms with E-state index in [2.05, 4.69) is 27.8 Å². The topological polar surface area (TPSA) is 38.9 Å². The van der Waals surface area contributed by atoms with Crippen LogP contribution in [0.4, 0.5) is 4.39 Å². The van der Waals surface area contributed by atoms with Gasteiger partial charge >= 0.3 is 0 Å². The number of halogens is 2. The molecule has 18 heavy (non-hydrogen) atoms. The van der Waals surface area contributed by atoms with Gasteiger partial charge in [0.15, 0.2) is 0 Å². The van der Waals surface area contributed by atoms with E-state index in [1.807, 2.05) is 6.92 Å². The molecule has 2 N–H and O–H groups in total. The molecular formula is C13H14BrFN2S. The Balaban J connectivity index is 2.16. The second-order valence-corrected chi connectivity index (χ2v) is 6.38. The molecule has 0 amide bonds. The van der Waals surface area contributed by atoms with E-state index in [-0.39, 0.29) is 11.9 Å². The highest BCUT2D eigenvalue weighted by Gasteiger charge is 2.12. The van der Waals surface area contributed by atoms with Gasteiger partial charge in [-0.1, -0.05) is 6.07 Å². The van der Waals surface area contributed by atoms with Crippen molar-refractivity contribution >= 4 is 27.3 Å². The molecule has 0 saturated carbocycles. The minimum absolute atomic E-state index is 0.160. The lowest BCUT2D eigenvalue weighted by Gasteiger charge is -2.10. The molecule has 1 heterocycles. The van der Waals surface area contributed by atoms with E-state index in [0.29, 0.717) is 10.9 Å². The standard InChI is InChI=1S/C13H14BrFN2S/c1-7-8(2)18-13(17-7)6-12(16)9-3-4-11(15)10(14)5-9/h3-5,12H,6,16H2,1-2H3. The van der Waals surface area contributed by atoms with Gasteiger partial charge in [-0.3, -0.25) is 0 Å². The summed E-state index contributed by atoms with van der Waals surface area (Å²) in [6.07, 6.45) is 0.678. The zero-order chi connectivity index (χ0) is 13.3. The number of nitrogens with zero attached hydrogens (tertiary/aromatic N) is 1. The molecule has 0 aliphatic carbocycles. The highest BCUT2D eigenvalue weighted by molar-refractivity contribution is 9.10. The Morgan fingerprint density at radius 3 is 2.72 bits per heavy atom. The molecule has 2 aromatic rings. The van der Waals surface area contributed by atoms with Gasteiger partial charge in [0.1, 0.15) is 5.82 Å². The summed E-state index contributed by atoms with van der Waals surface area (Å²) in [4.78, 5) is 5.69. The molecule has 0 saturated heterocycles. The number of aryl methyl sites for hydroxylation is 2. The minimum Gasteiger partial charge on any atom is -0.324 e. The molecule has 1 aromatic carbocycles. The van der Waals surface area contributed by atoms with Crippen molar-refractivity contribution in [2.24, 2.45) is 5.73 Å². The van der Waals surface area contributed by atoms with Crippen LogP contribution in [0.25, 0.3) is 0 Å². The van der Waals surface area contributed by atoms with E-state index < -0.39 is 0 Å². The lowest BCUT2D eigenvalue weighted by atomic mass is 10.1. The van der Waals surface area contributed by atoms with Crippen molar-refractivity contribution in [3.63, 3.8) is 0 Å². The minimum atomic E-state index is -0.271. The molecule has 0 bridgehead atoms. The van der Waals surface area contributed by atoms with Crippen molar-refractivity contribution in [2.75, 3.05) is 0 Å². The van der Waals surface area contributed by atoms with Crippen LogP contribution in [-0.4, -0.2) is 4.98 Å². The van der Waals surface area contributed by atoms with Gasteiger partial charge in [-0.2, -0.15) is 0 Å². The number of benzene rings is 1. The summed E-state index contributed by atoms with van der Waals surface area (Å²) in [6.45, 7) is 4.05. The van der Waals surface area contributed by atoms with E-state index >= 15 is 0 Å². The van der Waals surface area contributed by atoms with E-state index in [9.17, 15) is 4.39 Å². The molecular weight excluding hydrogens is 315 g/mol. The largest absolute Gasteiger partial charge is 0.324 e. The highest BCUT2D eigenvalue weighted by Crippen LogP contribution is 2.25. The first-order valence-corrected chi connectivity index (χ1v) is 7.21. The number of hydrogen-bond donors (Lipinski definition) is 1. The summed E-state index contributed by atoms with van der Waals surface area (Å²) in [5.74, 6) is -0.271. The monoisotopic (exact) mass is 328 g/mol. The molecule has 2 rings (SSSR count). The van der Waals surface area contributed by atoms with Gasteiger partial charge in [-0.15, -0.1) is 11.3 Å². The summed E-state index contributed by atoms with van der Waals surface area (Å²) in [5.41, 5.74) is 8.10. The van der Waals surface area contributed by atoms with Crippen LogP contribution in [0.1, 0.15) is 27.2 Å². The first-order valence-electron chi connectivity index (χ1n) is 5.61. The molecule has 0 aliphatic rings. The Morgan fingerprint density at radius 2 is 2.17 bits per heavy atom. The summed E-state index contributed by atoms with van der Waals surface area (Å²) in [7, 11) is 0. The molecule has 0 radical (unpaired) electrons. The second-order valence-electron chi connectivity index (χ2n) is 4.23. The Bertz CT molecular complexity index is 549. The lowest BCUT2D eigenvalue weighted by Crippen LogP contribution is -2.13. The smallest absolute Gasteiger partial charge is 0.137 e. The van der Waals surface area contributed by atoms with E-state index in [1.54, 1.807) is 23.5 Å². The fourth-order valence-electron chi connectivity index (χ4n) is 1.68. The molecule has 1 unspecified atom stereocenters. The molecule has 0 spiro atoms. The predicted octanol–water partition coefficient (Wildman–Crippen LogP) is 3.90. The van der Waals surface area contributed by atoms with Crippen LogP contribution in [0.3, 0.4) is 0 Å². The normalized spacial score (nSPS) is 12.7. The van der Waals surface area contributed by atoms with Gasteiger partial charge in [0.25, 0.3) is 0 Å². The first-order chi connectivity index (χ1) is 8.47. The quantitative estimate of drug-likeness (QED) is 0.927. The van der Waals surface area contributed by atoms with Crippen LogP contribution in [0.2, 0.25) is 0 Å². The fourth-order valence-corrected chi connectivity index (χ4v) is 3.06. The average molecular weight is 329 g/mol. The van der Waals surface area contributed by atoms with Crippen molar-refractivity contribution in [2.45, 2.75) is 26.3 Å². The Morgan fingerprint density at radius 1 is 1.44 bits per heavy atom. The van der Waals surface area contributed by atoms with Gasteiger partial charge in [0.05, 0.1) is 15.2 Å². The maximum Gasteiger partial charge on any atom is 0.137 e. The van der Waals surface area contributed by atoms with E-state index in [1.165, 1.54) is 10.9 Å². The zero-order valence-electron chi connectivity index (χ0n) is 10.2. The van der Waals surface area contributed by atoms with Crippen molar-refractivity contribution in [3.8, 4) is 0 Å². The molecule has 1 atom stereocenters. The summed E-state index contributed by atoms with van der Waals surface area (Å²) in [5, 5.41) is 1.03. The number of nitrogens with two attached hydrogens (primary N) is 1. The molecule has 5 heteroatoms. The number of thiazole rings is 1. The SMILES string of the molecule is Cc1nc(CC(N)c2ccc(F)c(Br)c2)sc1C. The van der Waals surface area contributed by atoms with Gasteiger partial charge in [0.2, 0.25) is 0 Å². The highest BCUT2D eigenvalue weighted by atomic mass is 79.9. The molecule has 2 nitrogen and oxygen atoms in total. The summed E-state index contributed by atoms with van der Waals surface area (Å²) < 4.78 is 13.6. The Hall–Kier alpha value is -0.780. The van der Waals surface area contributed by atoms with Gasteiger partial charge in [0, 0.05) is 17.3 Å². The van der Waals surface area contributed by atoms with Crippen LogP contribution in [-0.2, 0) is 6.42 Å². The molecule has 1 aromatic heterocycles. The Kier molecular flexibility index (Phi) is 4.14. The third-order valence-corrected chi connectivity index (χ3v) is 4.54. The summed E-state index contributed by atoms with van der Waals surface area (Å²) >= 11 is 4.84. The van der Waals surface area contributed by atoms with Crippen LogP contribution in [0, 0.1) is 19.7 Å². The van der Waals surface area contributed by atoms with Crippen LogP contribution >= 0.6 is 27.3 Å².